The van der Waals surface area contributed by atoms with Crippen molar-refractivity contribution in [2.45, 2.75) is 32.7 Å². The summed E-state index contributed by atoms with van der Waals surface area (Å²) in [5, 5.41) is 3.30. The largest absolute Gasteiger partial charge is 0.318 e. The van der Waals surface area contributed by atoms with Crippen LogP contribution in [0.3, 0.4) is 0 Å². The third kappa shape index (κ3) is 4.09. The highest BCUT2D eigenvalue weighted by Gasteiger charge is 2.21. The van der Waals surface area contributed by atoms with E-state index in [9.17, 15) is 0 Å². The predicted molar refractivity (Wildman–Crippen MR) is 66.3 cm³/mol. The molecule has 0 aliphatic carbocycles. The van der Waals surface area contributed by atoms with Gasteiger partial charge in [-0.3, -0.25) is 4.90 Å². The van der Waals surface area contributed by atoms with E-state index in [1.165, 1.54) is 45.6 Å². The van der Waals surface area contributed by atoms with Gasteiger partial charge in [-0.15, -0.1) is 0 Å². The maximum absolute atomic E-state index is 3.30. The third-order valence-electron chi connectivity index (χ3n) is 3.37. The van der Waals surface area contributed by atoms with Crippen molar-refractivity contribution < 1.29 is 0 Å². The van der Waals surface area contributed by atoms with Gasteiger partial charge >= 0.3 is 0 Å². The van der Waals surface area contributed by atoms with Crippen LogP contribution in [0.1, 0.15) is 26.7 Å². The molecule has 0 bridgehead atoms. The molecule has 1 aliphatic rings. The van der Waals surface area contributed by atoms with Gasteiger partial charge in [0.25, 0.3) is 0 Å². The third-order valence-corrected chi connectivity index (χ3v) is 3.37. The summed E-state index contributed by atoms with van der Waals surface area (Å²) >= 11 is 0. The van der Waals surface area contributed by atoms with E-state index in [2.05, 4.69) is 36.0 Å². The van der Waals surface area contributed by atoms with E-state index in [0.29, 0.717) is 0 Å². The number of hydrogen-bond acceptors (Lipinski definition) is 3. The van der Waals surface area contributed by atoms with E-state index in [0.717, 1.165) is 12.6 Å². The van der Waals surface area contributed by atoms with E-state index >= 15 is 0 Å². The molecule has 3 nitrogen and oxygen atoms in total. The predicted octanol–water partition coefficient (Wildman–Crippen LogP) is 1.01. The number of nitrogens with zero attached hydrogens (tertiary/aromatic N) is 2. The van der Waals surface area contributed by atoms with Crippen molar-refractivity contribution in [2.75, 3.05) is 46.3 Å². The first kappa shape index (κ1) is 12.9. The Morgan fingerprint density at radius 3 is 2.27 bits per heavy atom. The van der Waals surface area contributed by atoms with E-state index < -0.39 is 0 Å². The molecule has 1 atom stereocenters. The van der Waals surface area contributed by atoms with Gasteiger partial charge < -0.3 is 10.2 Å². The zero-order valence-electron chi connectivity index (χ0n) is 10.6. The van der Waals surface area contributed by atoms with Crippen LogP contribution in [0.25, 0.3) is 0 Å². The first-order valence-electron chi connectivity index (χ1n) is 6.42. The number of rotatable bonds is 6. The highest BCUT2D eigenvalue weighted by atomic mass is 15.3. The van der Waals surface area contributed by atoms with Crippen LogP contribution in [-0.4, -0.2) is 62.2 Å². The summed E-state index contributed by atoms with van der Waals surface area (Å²) in [6.45, 7) is 12.0. The second-order valence-electron chi connectivity index (χ2n) is 4.50. The van der Waals surface area contributed by atoms with Gasteiger partial charge in [-0.2, -0.15) is 0 Å². The summed E-state index contributed by atoms with van der Waals surface area (Å²) in [6, 6.07) is 0.735. The van der Waals surface area contributed by atoms with Crippen LogP contribution < -0.4 is 5.32 Å². The number of hydrogen-bond donors (Lipinski definition) is 1. The van der Waals surface area contributed by atoms with Crippen LogP contribution in [0.5, 0.6) is 0 Å². The minimum atomic E-state index is 0.735. The molecule has 0 spiro atoms. The van der Waals surface area contributed by atoms with Crippen molar-refractivity contribution >= 4 is 0 Å². The van der Waals surface area contributed by atoms with Crippen LogP contribution in [0.4, 0.5) is 0 Å². The van der Waals surface area contributed by atoms with Crippen LogP contribution in [0, 0.1) is 0 Å². The highest BCUT2D eigenvalue weighted by molar-refractivity contribution is 4.78. The van der Waals surface area contributed by atoms with E-state index in [1.54, 1.807) is 0 Å². The van der Waals surface area contributed by atoms with Gasteiger partial charge in [-0.05, 0) is 26.4 Å². The molecule has 0 saturated carbocycles. The molecule has 0 aromatic rings. The first-order valence-corrected chi connectivity index (χ1v) is 6.42. The number of likely N-dealkylation sites (N-methyl/N-ethyl adjacent to an activating group) is 1. The maximum atomic E-state index is 3.30. The lowest BCUT2D eigenvalue weighted by atomic mass is 10.1. The van der Waals surface area contributed by atoms with Crippen LogP contribution in [0.15, 0.2) is 0 Å². The smallest absolute Gasteiger partial charge is 0.0218 e. The fourth-order valence-electron chi connectivity index (χ4n) is 2.44. The molecule has 3 heteroatoms. The van der Waals surface area contributed by atoms with Gasteiger partial charge in [-0.1, -0.05) is 13.8 Å². The van der Waals surface area contributed by atoms with Crippen LogP contribution in [0.2, 0.25) is 0 Å². The van der Waals surface area contributed by atoms with E-state index in [1.807, 2.05) is 0 Å². The molecular weight excluding hydrogens is 186 g/mol. The molecule has 1 rings (SSSR count). The standard InChI is InChI=1S/C12H27N3/c1-4-6-14-7-9-15(10-8-14)12(5-2)11-13-3/h12-13H,4-11H2,1-3H3. The van der Waals surface area contributed by atoms with Crippen molar-refractivity contribution in [2.24, 2.45) is 0 Å². The van der Waals surface area contributed by atoms with Gasteiger partial charge in [0, 0.05) is 38.8 Å². The zero-order chi connectivity index (χ0) is 11.1. The van der Waals surface area contributed by atoms with Crippen molar-refractivity contribution in [1.29, 1.82) is 0 Å². The Balaban J connectivity index is 2.28. The first-order chi connectivity index (χ1) is 7.31. The average molecular weight is 213 g/mol. The summed E-state index contributed by atoms with van der Waals surface area (Å²) in [7, 11) is 2.05. The minimum Gasteiger partial charge on any atom is -0.318 e. The normalized spacial score (nSPS) is 21.8. The molecule has 0 radical (unpaired) electrons. The molecule has 0 aromatic carbocycles. The molecule has 1 aliphatic heterocycles. The monoisotopic (exact) mass is 213 g/mol. The van der Waals surface area contributed by atoms with Gasteiger partial charge in [-0.25, -0.2) is 0 Å². The molecule has 1 heterocycles. The number of piperazine rings is 1. The number of nitrogens with one attached hydrogen (secondary N) is 1. The Hall–Kier alpha value is -0.120. The van der Waals surface area contributed by atoms with E-state index in [4.69, 9.17) is 0 Å². The van der Waals surface area contributed by atoms with Crippen LogP contribution >= 0.6 is 0 Å². The zero-order valence-corrected chi connectivity index (χ0v) is 10.6. The lowest BCUT2D eigenvalue weighted by molar-refractivity contribution is 0.0942. The average Bonchev–Trinajstić information content (AvgIpc) is 2.28. The Morgan fingerprint density at radius 1 is 1.13 bits per heavy atom. The van der Waals surface area contributed by atoms with Gasteiger partial charge in [0.05, 0.1) is 0 Å². The Kier molecular flexibility index (Phi) is 6.22. The van der Waals surface area contributed by atoms with E-state index in [-0.39, 0.29) is 0 Å². The lowest BCUT2D eigenvalue weighted by Gasteiger charge is -2.39. The molecular formula is C12H27N3. The fourth-order valence-corrected chi connectivity index (χ4v) is 2.44. The van der Waals surface area contributed by atoms with Gasteiger partial charge in [0.1, 0.15) is 0 Å². The molecule has 1 unspecified atom stereocenters. The SMILES string of the molecule is CCCN1CCN(C(CC)CNC)CC1. The molecule has 0 aromatic heterocycles. The second-order valence-corrected chi connectivity index (χ2v) is 4.50. The van der Waals surface area contributed by atoms with Crippen molar-refractivity contribution in [3.63, 3.8) is 0 Å². The summed E-state index contributed by atoms with van der Waals surface area (Å²) in [5.41, 5.74) is 0. The Bertz CT molecular complexity index is 153. The summed E-state index contributed by atoms with van der Waals surface area (Å²) in [5.74, 6) is 0. The molecule has 0 amide bonds. The molecule has 90 valence electrons. The fraction of sp³-hybridized carbons (Fsp3) is 1.00. The van der Waals surface area contributed by atoms with Crippen molar-refractivity contribution in [3.05, 3.63) is 0 Å². The maximum Gasteiger partial charge on any atom is 0.0218 e. The summed E-state index contributed by atoms with van der Waals surface area (Å²) < 4.78 is 0. The van der Waals surface area contributed by atoms with Gasteiger partial charge in [0.2, 0.25) is 0 Å². The molecule has 1 N–H and O–H groups in total. The Morgan fingerprint density at radius 2 is 1.80 bits per heavy atom. The van der Waals surface area contributed by atoms with Crippen LogP contribution in [-0.2, 0) is 0 Å². The molecule has 1 saturated heterocycles. The van der Waals surface area contributed by atoms with Crippen molar-refractivity contribution in [1.82, 2.24) is 15.1 Å². The molecule has 15 heavy (non-hydrogen) atoms. The second kappa shape index (κ2) is 7.20. The van der Waals surface area contributed by atoms with Gasteiger partial charge in [0.15, 0.2) is 0 Å². The lowest BCUT2D eigenvalue weighted by Crippen LogP contribution is -2.52. The summed E-state index contributed by atoms with van der Waals surface area (Å²) in [4.78, 5) is 5.23. The molecule has 1 fully saturated rings. The minimum absolute atomic E-state index is 0.735. The quantitative estimate of drug-likeness (QED) is 0.710. The van der Waals surface area contributed by atoms with Crippen molar-refractivity contribution in [3.8, 4) is 0 Å². The summed E-state index contributed by atoms with van der Waals surface area (Å²) in [6.07, 6.45) is 2.54. The Labute approximate surface area is 94.8 Å². The highest BCUT2D eigenvalue weighted by Crippen LogP contribution is 2.08. The topological polar surface area (TPSA) is 18.5 Å².